The van der Waals surface area contributed by atoms with Crippen molar-refractivity contribution in [3.05, 3.63) is 103 Å². The minimum absolute atomic E-state index is 0.278. The van der Waals surface area contributed by atoms with E-state index in [0.717, 1.165) is 37.7 Å². The smallest absolute Gasteiger partial charge is 0.123 e. The molecule has 0 atom stereocenters. The molecule has 0 bridgehead atoms. The fraction of sp³-hybridized carbons (Fsp3) is 0.0303. The Balaban J connectivity index is 0.000000122. The first-order chi connectivity index (χ1) is 17.5. The van der Waals surface area contributed by atoms with E-state index in [0.29, 0.717) is 5.75 Å². The third-order valence-electron chi connectivity index (χ3n) is 7.48. The topological polar surface area (TPSA) is 60.7 Å². The molecule has 0 fully saturated rings. The predicted molar refractivity (Wildman–Crippen MR) is 150 cm³/mol. The van der Waals surface area contributed by atoms with Crippen LogP contribution < -0.4 is 0 Å². The van der Waals surface area contributed by atoms with Gasteiger partial charge in [-0.1, -0.05) is 78.9 Å². The van der Waals surface area contributed by atoms with Gasteiger partial charge in [-0.3, -0.25) is 0 Å². The molecule has 8 aromatic rings. The van der Waals surface area contributed by atoms with Crippen molar-refractivity contribution < 1.29 is 15.3 Å². The quantitative estimate of drug-likeness (QED) is 0.196. The molecule has 172 valence electrons. The normalized spacial score (nSPS) is 11.8. The van der Waals surface area contributed by atoms with Crippen LogP contribution in [0.2, 0.25) is 0 Å². The first-order valence-corrected chi connectivity index (χ1v) is 12.0. The third-order valence-corrected chi connectivity index (χ3v) is 7.48. The van der Waals surface area contributed by atoms with Crippen LogP contribution in [0.25, 0.3) is 64.6 Å². The SMILES string of the molecule is Cc1ccc2ccc3c(O)ccc4ccc1c2c43.Oc1ccc2ccc3c(O)ccc4ccc1c2c43. The molecular weight excluding hydrogens is 444 g/mol. The van der Waals surface area contributed by atoms with E-state index in [1.807, 2.05) is 48.5 Å². The Morgan fingerprint density at radius 1 is 0.333 bits per heavy atom. The molecule has 0 amide bonds. The number of benzene rings is 8. The maximum Gasteiger partial charge on any atom is 0.123 e. The zero-order valence-electron chi connectivity index (χ0n) is 19.6. The van der Waals surface area contributed by atoms with Gasteiger partial charge in [-0.2, -0.15) is 0 Å². The maximum absolute atomic E-state index is 10.0. The summed E-state index contributed by atoms with van der Waals surface area (Å²) in [6, 6.07) is 31.5. The summed E-state index contributed by atoms with van der Waals surface area (Å²) < 4.78 is 0. The first kappa shape index (κ1) is 20.6. The van der Waals surface area contributed by atoms with E-state index in [2.05, 4.69) is 37.3 Å². The molecule has 0 aromatic heterocycles. The van der Waals surface area contributed by atoms with E-state index < -0.39 is 0 Å². The van der Waals surface area contributed by atoms with Gasteiger partial charge >= 0.3 is 0 Å². The standard InChI is InChI=1S/C17H12O.C16H10O2/c1-10-2-3-11-5-8-14-15(18)9-6-12-4-7-13(10)16(11)17(12)14;17-13-8-4-10-2-6-12-14(18)7-3-9-1-5-11(13)16(10)15(9)12/h2-9,18H,1H3;1-8,17-18H. The van der Waals surface area contributed by atoms with Crippen LogP contribution in [-0.2, 0) is 0 Å². The summed E-state index contributed by atoms with van der Waals surface area (Å²) in [5.74, 6) is 0.916. The monoisotopic (exact) mass is 466 g/mol. The van der Waals surface area contributed by atoms with Crippen molar-refractivity contribution in [2.75, 3.05) is 0 Å². The lowest BCUT2D eigenvalue weighted by Gasteiger charge is -2.12. The maximum atomic E-state index is 10.0. The summed E-state index contributed by atoms with van der Waals surface area (Å²) in [5.41, 5.74) is 1.28. The summed E-state index contributed by atoms with van der Waals surface area (Å²) in [4.78, 5) is 0. The van der Waals surface area contributed by atoms with E-state index in [-0.39, 0.29) is 11.5 Å². The van der Waals surface area contributed by atoms with Gasteiger partial charge in [-0.15, -0.1) is 0 Å². The Kier molecular flexibility index (Phi) is 4.22. The highest BCUT2D eigenvalue weighted by Crippen LogP contribution is 2.41. The van der Waals surface area contributed by atoms with E-state index >= 15 is 0 Å². The molecule has 0 unspecified atom stereocenters. The fourth-order valence-electron chi connectivity index (χ4n) is 5.70. The minimum atomic E-state index is 0.278. The highest BCUT2D eigenvalue weighted by Gasteiger charge is 2.13. The van der Waals surface area contributed by atoms with E-state index in [4.69, 9.17) is 0 Å². The van der Waals surface area contributed by atoms with Crippen molar-refractivity contribution in [3.8, 4) is 17.2 Å². The molecule has 0 saturated carbocycles. The van der Waals surface area contributed by atoms with Crippen LogP contribution in [0, 0.1) is 6.92 Å². The van der Waals surface area contributed by atoms with Gasteiger partial charge in [0.1, 0.15) is 17.2 Å². The van der Waals surface area contributed by atoms with Crippen molar-refractivity contribution >= 4 is 64.6 Å². The van der Waals surface area contributed by atoms with Gasteiger partial charge in [0.25, 0.3) is 0 Å². The summed E-state index contributed by atoms with van der Waals surface area (Å²) >= 11 is 0. The number of rotatable bonds is 0. The first-order valence-electron chi connectivity index (χ1n) is 12.0. The average Bonchev–Trinajstić information content (AvgIpc) is 2.90. The lowest BCUT2D eigenvalue weighted by atomic mass is 9.92. The highest BCUT2D eigenvalue weighted by molar-refractivity contribution is 6.26. The van der Waals surface area contributed by atoms with Gasteiger partial charge in [-0.05, 0) is 63.0 Å². The molecule has 0 saturated heterocycles. The Bertz CT molecular complexity index is 1780. The van der Waals surface area contributed by atoms with Crippen molar-refractivity contribution in [1.82, 2.24) is 0 Å². The molecule has 0 spiro atoms. The molecule has 8 aromatic carbocycles. The van der Waals surface area contributed by atoms with Crippen molar-refractivity contribution in [1.29, 1.82) is 0 Å². The molecule has 0 heterocycles. The van der Waals surface area contributed by atoms with E-state index in [9.17, 15) is 15.3 Å². The Morgan fingerprint density at radius 3 is 1.00 bits per heavy atom. The minimum Gasteiger partial charge on any atom is -0.507 e. The summed E-state index contributed by atoms with van der Waals surface area (Å²) in [6.07, 6.45) is 0. The molecule has 0 aliphatic carbocycles. The zero-order valence-corrected chi connectivity index (χ0v) is 19.6. The van der Waals surface area contributed by atoms with Crippen LogP contribution in [0.3, 0.4) is 0 Å². The van der Waals surface area contributed by atoms with Gasteiger partial charge in [0.2, 0.25) is 0 Å². The van der Waals surface area contributed by atoms with Gasteiger partial charge in [0, 0.05) is 32.3 Å². The summed E-state index contributed by atoms with van der Waals surface area (Å²) in [6.45, 7) is 2.13. The number of phenolic OH excluding ortho intramolecular Hbond substituents is 3. The van der Waals surface area contributed by atoms with Gasteiger partial charge in [-0.25, -0.2) is 0 Å². The van der Waals surface area contributed by atoms with Crippen LogP contribution in [0.15, 0.2) is 97.1 Å². The third kappa shape index (κ3) is 2.80. The molecular formula is C33H22O3. The average molecular weight is 467 g/mol. The molecule has 0 radical (unpaired) electrons. The van der Waals surface area contributed by atoms with Crippen LogP contribution in [-0.4, -0.2) is 15.3 Å². The van der Waals surface area contributed by atoms with Gasteiger partial charge < -0.3 is 15.3 Å². The molecule has 0 aliphatic heterocycles. The van der Waals surface area contributed by atoms with Crippen molar-refractivity contribution in [2.24, 2.45) is 0 Å². The Morgan fingerprint density at radius 2 is 0.611 bits per heavy atom. The second kappa shape index (κ2) is 7.37. The second-order valence-corrected chi connectivity index (χ2v) is 9.48. The molecule has 36 heavy (non-hydrogen) atoms. The molecule has 3 N–H and O–H groups in total. The molecule has 3 heteroatoms. The van der Waals surface area contributed by atoms with Crippen molar-refractivity contribution in [3.63, 3.8) is 0 Å². The number of aryl methyl sites for hydroxylation is 1. The van der Waals surface area contributed by atoms with Crippen LogP contribution >= 0.6 is 0 Å². The molecule has 3 nitrogen and oxygen atoms in total. The zero-order chi connectivity index (χ0) is 24.6. The predicted octanol–water partition coefficient (Wildman–Crippen LogP) is 8.59. The van der Waals surface area contributed by atoms with E-state index in [1.54, 1.807) is 18.2 Å². The Labute approximate surface area is 206 Å². The Hall–Kier alpha value is -4.76. The highest BCUT2D eigenvalue weighted by atomic mass is 16.3. The van der Waals surface area contributed by atoms with Gasteiger partial charge in [0.15, 0.2) is 0 Å². The molecule has 8 rings (SSSR count). The summed E-state index contributed by atoms with van der Waals surface area (Å²) in [5, 5.41) is 42.8. The fourth-order valence-corrected chi connectivity index (χ4v) is 5.70. The number of phenols is 3. The van der Waals surface area contributed by atoms with Crippen LogP contribution in [0.5, 0.6) is 17.2 Å². The van der Waals surface area contributed by atoms with Crippen LogP contribution in [0.4, 0.5) is 0 Å². The lowest BCUT2D eigenvalue weighted by molar-refractivity contribution is 0.481. The molecule has 0 aliphatic rings. The summed E-state index contributed by atoms with van der Waals surface area (Å²) in [7, 11) is 0. The number of hydrogen-bond acceptors (Lipinski definition) is 3. The number of aromatic hydroxyl groups is 3. The lowest BCUT2D eigenvalue weighted by Crippen LogP contribution is -1.86. The second-order valence-electron chi connectivity index (χ2n) is 9.48. The largest absolute Gasteiger partial charge is 0.507 e. The van der Waals surface area contributed by atoms with Crippen molar-refractivity contribution in [2.45, 2.75) is 6.92 Å². The van der Waals surface area contributed by atoms with E-state index in [1.165, 1.54) is 32.5 Å². The number of hydrogen-bond donors (Lipinski definition) is 3. The van der Waals surface area contributed by atoms with Crippen LogP contribution in [0.1, 0.15) is 5.56 Å². The van der Waals surface area contributed by atoms with Gasteiger partial charge in [0.05, 0.1) is 0 Å².